The predicted octanol–water partition coefficient (Wildman–Crippen LogP) is 4.51. The molecule has 0 amide bonds. The van der Waals surface area contributed by atoms with Crippen LogP contribution in [0.25, 0.3) is 6.08 Å². The first kappa shape index (κ1) is 16.5. The van der Waals surface area contributed by atoms with Gasteiger partial charge in [0.1, 0.15) is 11.3 Å². The summed E-state index contributed by atoms with van der Waals surface area (Å²) in [6.45, 7) is 0. The Labute approximate surface area is 143 Å². The van der Waals surface area contributed by atoms with E-state index in [0.29, 0.717) is 4.47 Å². The van der Waals surface area contributed by atoms with Crippen LogP contribution >= 0.6 is 31.9 Å². The van der Waals surface area contributed by atoms with Crippen molar-refractivity contribution < 1.29 is 19.8 Å². The van der Waals surface area contributed by atoms with E-state index in [9.17, 15) is 14.7 Å². The molecule has 4 nitrogen and oxygen atoms in total. The number of carbonyl (C=O) groups is 2. The number of hydrogen-bond acceptors (Lipinski definition) is 3. The molecule has 0 saturated carbocycles. The summed E-state index contributed by atoms with van der Waals surface area (Å²) in [4.78, 5) is 23.2. The van der Waals surface area contributed by atoms with Gasteiger partial charge in [-0.1, -0.05) is 50.1 Å². The Kier molecular flexibility index (Phi) is 5.15. The molecule has 22 heavy (non-hydrogen) atoms. The van der Waals surface area contributed by atoms with Crippen molar-refractivity contribution in [3.63, 3.8) is 0 Å². The van der Waals surface area contributed by atoms with Crippen LogP contribution in [0.1, 0.15) is 26.3 Å². The highest BCUT2D eigenvalue weighted by Crippen LogP contribution is 2.28. The summed E-state index contributed by atoms with van der Waals surface area (Å²) in [6.07, 6.45) is 2.88. The van der Waals surface area contributed by atoms with E-state index in [-0.39, 0.29) is 11.1 Å². The molecule has 0 aliphatic rings. The van der Waals surface area contributed by atoms with E-state index in [4.69, 9.17) is 5.11 Å². The minimum atomic E-state index is -1.30. The molecule has 0 fully saturated rings. The van der Waals surface area contributed by atoms with Crippen molar-refractivity contribution in [3.05, 3.63) is 68.1 Å². The van der Waals surface area contributed by atoms with Crippen LogP contribution in [0, 0.1) is 0 Å². The number of rotatable bonds is 4. The second kappa shape index (κ2) is 6.89. The number of aromatic hydroxyl groups is 1. The summed E-state index contributed by atoms with van der Waals surface area (Å²) in [5.41, 5.74) is 0.405. The molecule has 0 atom stereocenters. The van der Waals surface area contributed by atoms with Crippen molar-refractivity contribution in [2.75, 3.05) is 0 Å². The summed E-state index contributed by atoms with van der Waals surface area (Å²) in [6, 6.07) is 9.96. The molecular formula is C16H10Br2O4. The second-order valence-electron chi connectivity index (χ2n) is 4.41. The number of benzene rings is 2. The molecule has 0 aliphatic heterocycles. The van der Waals surface area contributed by atoms with Gasteiger partial charge in [-0.15, -0.1) is 0 Å². The Bertz CT molecular complexity index is 782. The summed E-state index contributed by atoms with van der Waals surface area (Å²) in [7, 11) is 0. The first-order valence-corrected chi connectivity index (χ1v) is 7.71. The van der Waals surface area contributed by atoms with Crippen molar-refractivity contribution in [1.29, 1.82) is 0 Å². The molecule has 0 aliphatic carbocycles. The number of aromatic carboxylic acids is 1. The van der Waals surface area contributed by atoms with Gasteiger partial charge in [0.25, 0.3) is 0 Å². The number of ketones is 1. The number of carbonyl (C=O) groups excluding carboxylic acids is 1. The molecule has 0 heterocycles. The molecule has 2 rings (SSSR count). The summed E-state index contributed by atoms with van der Waals surface area (Å²) in [5.74, 6) is -2.33. The lowest BCUT2D eigenvalue weighted by molar-refractivity contribution is 0.0693. The van der Waals surface area contributed by atoms with E-state index >= 15 is 0 Å². The lowest BCUT2D eigenvalue weighted by Gasteiger charge is -2.05. The molecule has 2 aromatic rings. The number of allylic oxidation sites excluding steroid dienone is 1. The van der Waals surface area contributed by atoms with Crippen LogP contribution < -0.4 is 0 Å². The van der Waals surface area contributed by atoms with E-state index in [1.54, 1.807) is 6.08 Å². The Balaban J connectivity index is 2.36. The van der Waals surface area contributed by atoms with Gasteiger partial charge >= 0.3 is 5.97 Å². The molecule has 0 unspecified atom stereocenters. The van der Waals surface area contributed by atoms with Crippen LogP contribution in [0.4, 0.5) is 0 Å². The fraction of sp³-hybridized carbons (Fsp3) is 0. The van der Waals surface area contributed by atoms with Crippen LogP contribution in [0.5, 0.6) is 5.75 Å². The Morgan fingerprint density at radius 2 is 1.68 bits per heavy atom. The minimum absolute atomic E-state index is 0.0713. The highest BCUT2D eigenvalue weighted by atomic mass is 79.9. The zero-order valence-electron chi connectivity index (χ0n) is 11.1. The quantitative estimate of drug-likeness (QED) is 0.558. The number of phenols is 1. The topological polar surface area (TPSA) is 74.6 Å². The monoisotopic (exact) mass is 424 g/mol. The zero-order chi connectivity index (χ0) is 16.3. The largest absolute Gasteiger partial charge is 0.506 e. The molecule has 2 aromatic carbocycles. The average Bonchev–Trinajstić information content (AvgIpc) is 2.46. The van der Waals surface area contributed by atoms with Gasteiger partial charge in [-0.05, 0) is 35.9 Å². The molecule has 0 saturated heterocycles. The fourth-order valence-corrected chi connectivity index (χ4v) is 2.70. The van der Waals surface area contributed by atoms with Gasteiger partial charge in [0.15, 0.2) is 5.78 Å². The molecule has 0 aromatic heterocycles. The minimum Gasteiger partial charge on any atom is -0.506 e. The van der Waals surface area contributed by atoms with Crippen molar-refractivity contribution in [1.82, 2.24) is 0 Å². The molecular weight excluding hydrogens is 416 g/mol. The maximum atomic E-state index is 12.2. The van der Waals surface area contributed by atoms with E-state index in [1.165, 1.54) is 18.2 Å². The first-order chi connectivity index (χ1) is 10.4. The first-order valence-electron chi connectivity index (χ1n) is 6.12. The van der Waals surface area contributed by atoms with Crippen molar-refractivity contribution in [2.45, 2.75) is 0 Å². The number of carboxylic acids is 1. The van der Waals surface area contributed by atoms with Gasteiger partial charge in [0, 0.05) is 8.95 Å². The highest BCUT2D eigenvalue weighted by molar-refractivity contribution is 9.10. The smallest absolute Gasteiger partial charge is 0.339 e. The van der Waals surface area contributed by atoms with Crippen LogP contribution in [0.15, 0.2) is 51.4 Å². The summed E-state index contributed by atoms with van der Waals surface area (Å²) >= 11 is 6.46. The maximum absolute atomic E-state index is 12.2. The Morgan fingerprint density at radius 3 is 2.32 bits per heavy atom. The van der Waals surface area contributed by atoms with Gasteiger partial charge in [-0.25, -0.2) is 4.79 Å². The number of halogens is 2. The van der Waals surface area contributed by atoms with Crippen molar-refractivity contribution in [3.8, 4) is 5.75 Å². The molecule has 0 spiro atoms. The number of carboxylic acid groups (broad SMARTS) is 1. The summed E-state index contributed by atoms with van der Waals surface area (Å²) in [5, 5.41) is 19.0. The third kappa shape index (κ3) is 3.84. The van der Waals surface area contributed by atoms with Gasteiger partial charge in [0.2, 0.25) is 0 Å². The standard InChI is InChI=1S/C16H10Br2O4/c17-10-3-1-2-9(6-10)4-5-14(19)12-7-11(18)8-13(15(12)20)16(21)22/h1-8,20H,(H,21,22)/b5-4+. The van der Waals surface area contributed by atoms with Crippen LogP contribution in [0.2, 0.25) is 0 Å². The molecule has 6 heteroatoms. The molecule has 2 N–H and O–H groups in total. The van der Waals surface area contributed by atoms with Crippen LogP contribution in [-0.4, -0.2) is 22.0 Å². The Morgan fingerprint density at radius 1 is 1.00 bits per heavy atom. The number of hydrogen-bond donors (Lipinski definition) is 2. The third-order valence-electron chi connectivity index (χ3n) is 2.85. The second-order valence-corrected chi connectivity index (χ2v) is 6.24. The van der Waals surface area contributed by atoms with Gasteiger partial charge < -0.3 is 10.2 Å². The van der Waals surface area contributed by atoms with E-state index < -0.39 is 17.5 Å². The molecule has 0 bridgehead atoms. The van der Waals surface area contributed by atoms with Gasteiger partial charge in [-0.2, -0.15) is 0 Å². The normalized spacial score (nSPS) is 10.8. The van der Waals surface area contributed by atoms with Crippen LogP contribution in [0.3, 0.4) is 0 Å². The molecule has 0 radical (unpaired) electrons. The average molecular weight is 426 g/mol. The molecule has 112 valence electrons. The zero-order valence-corrected chi connectivity index (χ0v) is 14.3. The van der Waals surface area contributed by atoms with E-state index in [2.05, 4.69) is 31.9 Å². The summed E-state index contributed by atoms with van der Waals surface area (Å²) < 4.78 is 1.28. The lowest BCUT2D eigenvalue weighted by atomic mass is 10.0. The Hall–Kier alpha value is -1.92. The van der Waals surface area contributed by atoms with Crippen molar-refractivity contribution >= 4 is 49.7 Å². The van der Waals surface area contributed by atoms with Crippen LogP contribution in [-0.2, 0) is 0 Å². The van der Waals surface area contributed by atoms with E-state index in [1.807, 2.05) is 24.3 Å². The van der Waals surface area contributed by atoms with Gasteiger partial charge in [-0.3, -0.25) is 4.79 Å². The van der Waals surface area contributed by atoms with Crippen molar-refractivity contribution in [2.24, 2.45) is 0 Å². The fourth-order valence-electron chi connectivity index (χ4n) is 1.82. The third-order valence-corrected chi connectivity index (χ3v) is 3.80. The van der Waals surface area contributed by atoms with Gasteiger partial charge in [0.05, 0.1) is 5.56 Å². The lowest BCUT2D eigenvalue weighted by Crippen LogP contribution is -2.03. The maximum Gasteiger partial charge on any atom is 0.339 e. The highest BCUT2D eigenvalue weighted by Gasteiger charge is 2.18. The van der Waals surface area contributed by atoms with E-state index in [0.717, 1.165) is 10.0 Å². The SMILES string of the molecule is O=C(O)c1cc(Br)cc(C(=O)/C=C/c2cccc(Br)c2)c1O. The predicted molar refractivity (Wildman–Crippen MR) is 90.3 cm³/mol.